The van der Waals surface area contributed by atoms with Gasteiger partial charge in [0.15, 0.2) is 5.82 Å². The molecule has 0 radical (unpaired) electrons. The highest BCUT2D eigenvalue weighted by Gasteiger charge is 2.21. The van der Waals surface area contributed by atoms with Crippen LogP contribution in [0, 0.1) is 13.8 Å². The number of nitrogens with two attached hydrogens (primary N) is 1. The lowest BCUT2D eigenvalue weighted by Crippen LogP contribution is -2.16. The number of nitrogens with one attached hydrogen (secondary N) is 2. The molecular formula is C14H20N4O2S. The molecule has 0 bridgehead atoms. The van der Waals surface area contributed by atoms with Gasteiger partial charge in [0.2, 0.25) is 0 Å². The summed E-state index contributed by atoms with van der Waals surface area (Å²) >= 11 is 0. The monoisotopic (exact) mass is 308 g/mol. The lowest BCUT2D eigenvalue weighted by Gasteiger charge is -2.13. The minimum Gasteiger partial charge on any atom is -0.398 e. The van der Waals surface area contributed by atoms with Crippen molar-refractivity contribution >= 4 is 21.5 Å². The number of hydrogen-bond donors (Lipinski definition) is 3. The van der Waals surface area contributed by atoms with Gasteiger partial charge in [0.1, 0.15) is 0 Å². The van der Waals surface area contributed by atoms with Gasteiger partial charge >= 0.3 is 0 Å². The molecule has 0 atom stereocenters. The molecule has 0 aliphatic rings. The first kappa shape index (κ1) is 15.4. The summed E-state index contributed by atoms with van der Waals surface area (Å²) in [6, 6.07) is 5.11. The van der Waals surface area contributed by atoms with Gasteiger partial charge in [0, 0.05) is 17.4 Å². The smallest absolute Gasteiger partial charge is 0.263 e. The highest BCUT2D eigenvalue weighted by Crippen LogP contribution is 2.26. The van der Waals surface area contributed by atoms with E-state index in [1.807, 2.05) is 6.92 Å². The standard InChI is InChI=1S/C14H20N4O2S/c1-4-5-11-8-13(17-16-11)18-21(19,20)14-9(2)6-7-12(15)10(14)3/h6-8H,4-5,15H2,1-3H3,(H2,16,17,18). The summed E-state index contributed by atoms with van der Waals surface area (Å²) in [5.41, 5.74) is 8.36. The molecule has 2 aromatic rings. The van der Waals surface area contributed by atoms with Crippen LogP contribution in [-0.2, 0) is 16.4 Å². The third kappa shape index (κ3) is 3.18. The normalized spacial score (nSPS) is 11.6. The second kappa shape index (κ2) is 5.77. The number of aromatic nitrogens is 2. The quantitative estimate of drug-likeness (QED) is 0.738. The predicted octanol–water partition coefficient (Wildman–Crippen LogP) is 2.36. The Morgan fingerprint density at radius 2 is 2.05 bits per heavy atom. The van der Waals surface area contributed by atoms with E-state index in [0.717, 1.165) is 18.5 Å². The number of aryl methyl sites for hydroxylation is 2. The molecule has 1 aromatic heterocycles. The maximum absolute atomic E-state index is 12.5. The van der Waals surface area contributed by atoms with E-state index in [1.54, 1.807) is 32.0 Å². The van der Waals surface area contributed by atoms with E-state index < -0.39 is 10.0 Å². The number of benzene rings is 1. The number of nitrogens with zero attached hydrogens (tertiary/aromatic N) is 1. The van der Waals surface area contributed by atoms with Gasteiger partial charge in [-0.25, -0.2) is 8.42 Å². The van der Waals surface area contributed by atoms with Crippen molar-refractivity contribution in [1.82, 2.24) is 10.2 Å². The van der Waals surface area contributed by atoms with E-state index in [0.29, 0.717) is 22.6 Å². The number of sulfonamides is 1. The Bertz CT molecular complexity index is 750. The van der Waals surface area contributed by atoms with E-state index in [1.165, 1.54) is 0 Å². The molecule has 0 spiro atoms. The third-order valence-corrected chi connectivity index (χ3v) is 4.95. The predicted molar refractivity (Wildman–Crippen MR) is 83.7 cm³/mol. The minimum absolute atomic E-state index is 0.211. The molecular weight excluding hydrogens is 288 g/mol. The largest absolute Gasteiger partial charge is 0.398 e. The summed E-state index contributed by atoms with van der Waals surface area (Å²) in [6.45, 7) is 5.49. The molecule has 21 heavy (non-hydrogen) atoms. The molecule has 1 heterocycles. The number of aromatic amines is 1. The Labute approximate surface area is 124 Å². The van der Waals surface area contributed by atoms with Crippen LogP contribution >= 0.6 is 0 Å². The molecule has 0 unspecified atom stereocenters. The highest BCUT2D eigenvalue weighted by atomic mass is 32.2. The average Bonchev–Trinajstić information content (AvgIpc) is 2.81. The van der Waals surface area contributed by atoms with E-state index in [9.17, 15) is 8.42 Å². The highest BCUT2D eigenvalue weighted by molar-refractivity contribution is 7.92. The zero-order chi connectivity index (χ0) is 15.6. The van der Waals surface area contributed by atoms with Gasteiger partial charge in [-0.15, -0.1) is 0 Å². The molecule has 2 rings (SSSR count). The van der Waals surface area contributed by atoms with Crippen molar-refractivity contribution in [2.75, 3.05) is 10.5 Å². The van der Waals surface area contributed by atoms with E-state index in [4.69, 9.17) is 5.73 Å². The lowest BCUT2D eigenvalue weighted by atomic mass is 10.1. The van der Waals surface area contributed by atoms with Crippen LogP contribution in [0.25, 0.3) is 0 Å². The molecule has 0 amide bonds. The second-order valence-electron chi connectivity index (χ2n) is 5.06. The minimum atomic E-state index is -3.71. The van der Waals surface area contributed by atoms with Crippen molar-refractivity contribution in [2.45, 2.75) is 38.5 Å². The first-order chi connectivity index (χ1) is 9.85. The second-order valence-corrected chi connectivity index (χ2v) is 6.68. The molecule has 7 heteroatoms. The first-order valence-corrected chi connectivity index (χ1v) is 8.26. The van der Waals surface area contributed by atoms with Crippen LogP contribution in [0.5, 0.6) is 0 Å². The number of nitrogen functional groups attached to an aromatic ring is 1. The summed E-state index contributed by atoms with van der Waals surface area (Å²) in [4.78, 5) is 0.211. The summed E-state index contributed by atoms with van der Waals surface area (Å²) in [5.74, 6) is 0.291. The third-order valence-electron chi connectivity index (χ3n) is 3.30. The Balaban J connectivity index is 2.36. The Morgan fingerprint density at radius 1 is 1.33 bits per heavy atom. The SMILES string of the molecule is CCCc1cc(NS(=O)(=O)c2c(C)ccc(N)c2C)n[nH]1. The number of anilines is 2. The molecule has 4 N–H and O–H groups in total. The Kier molecular flexibility index (Phi) is 4.22. The van der Waals surface area contributed by atoms with Gasteiger partial charge in [-0.3, -0.25) is 9.82 Å². The summed E-state index contributed by atoms with van der Waals surface area (Å²) < 4.78 is 27.6. The Hall–Kier alpha value is -2.02. The number of rotatable bonds is 5. The zero-order valence-electron chi connectivity index (χ0n) is 12.4. The van der Waals surface area contributed by atoms with Crippen LogP contribution in [-0.4, -0.2) is 18.6 Å². The van der Waals surface area contributed by atoms with Crippen LogP contribution < -0.4 is 10.5 Å². The van der Waals surface area contributed by atoms with Gasteiger partial charge in [0.25, 0.3) is 10.0 Å². The van der Waals surface area contributed by atoms with Gasteiger partial charge in [-0.2, -0.15) is 5.10 Å². The van der Waals surface area contributed by atoms with Crippen LogP contribution in [0.2, 0.25) is 0 Å². The molecule has 114 valence electrons. The zero-order valence-corrected chi connectivity index (χ0v) is 13.2. The van der Waals surface area contributed by atoms with Gasteiger partial charge in [-0.05, 0) is 37.5 Å². The maximum Gasteiger partial charge on any atom is 0.263 e. The fourth-order valence-corrected chi connectivity index (χ4v) is 3.75. The van der Waals surface area contributed by atoms with Crippen molar-refractivity contribution in [2.24, 2.45) is 0 Å². The van der Waals surface area contributed by atoms with Crippen LogP contribution in [0.1, 0.15) is 30.2 Å². The van der Waals surface area contributed by atoms with Crippen molar-refractivity contribution in [3.63, 3.8) is 0 Å². The van der Waals surface area contributed by atoms with Crippen LogP contribution in [0.3, 0.4) is 0 Å². The van der Waals surface area contributed by atoms with Crippen molar-refractivity contribution < 1.29 is 8.42 Å². The number of hydrogen-bond acceptors (Lipinski definition) is 4. The molecule has 1 aromatic carbocycles. The lowest BCUT2D eigenvalue weighted by molar-refractivity contribution is 0.600. The molecule has 0 saturated heterocycles. The number of H-pyrrole nitrogens is 1. The van der Waals surface area contributed by atoms with Gasteiger partial charge in [0.05, 0.1) is 4.90 Å². The Morgan fingerprint density at radius 3 is 2.71 bits per heavy atom. The average molecular weight is 308 g/mol. The fraction of sp³-hybridized carbons (Fsp3) is 0.357. The molecule has 6 nitrogen and oxygen atoms in total. The molecule has 0 aliphatic carbocycles. The van der Waals surface area contributed by atoms with E-state index in [-0.39, 0.29) is 4.90 Å². The van der Waals surface area contributed by atoms with Crippen LogP contribution in [0.4, 0.5) is 11.5 Å². The maximum atomic E-state index is 12.5. The molecule has 0 aliphatic heterocycles. The van der Waals surface area contributed by atoms with Crippen molar-refractivity contribution in [3.8, 4) is 0 Å². The van der Waals surface area contributed by atoms with E-state index in [2.05, 4.69) is 14.9 Å². The fourth-order valence-electron chi connectivity index (χ4n) is 2.26. The van der Waals surface area contributed by atoms with Gasteiger partial charge < -0.3 is 5.73 Å². The topological polar surface area (TPSA) is 101 Å². The van der Waals surface area contributed by atoms with Gasteiger partial charge in [-0.1, -0.05) is 19.4 Å². The summed E-state index contributed by atoms with van der Waals surface area (Å²) in [5, 5.41) is 6.80. The molecule has 0 saturated carbocycles. The summed E-state index contributed by atoms with van der Waals surface area (Å²) in [6.07, 6.45) is 1.78. The summed E-state index contributed by atoms with van der Waals surface area (Å²) in [7, 11) is -3.71. The van der Waals surface area contributed by atoms with Crippen molar-refractivity contribution in [3.05, 3.63) is 35.0 Å². The first-order valence-electron chi connectivity index (χ1n) is 6.78. The van der Waals surface area contributed by atoms with Crippen molar-refractivity contribution in [1.29, 1.82) is 0 Å². The molecule has 0 fully saturated rings. The van der Waals surface area contributed by atoms with Crippen LogP contribution in [0.15, 0.2) is 23.1 Å². The van der Waals surface area contributed by atoms with E-state index >= 15 is 0 Å².